The number of hydrogen-bond acceptors (Lipinski definition) is 1. The number of nitrogens with zero attached hydrogens (tertiary/aromatic N) is 1. The maximum absolute atomic E-state index is 4.18. The summed E-state index contributed by atoms with van der Waals surface area (Å²) in [7, 11) is 0. The van der Waals surface area contributed by atoms with E-state index in [0.29, 0.717) is 0 Å². The maximum atomic E-state index is 4.18. The molecule has 0 amide bonds. The number of allylic oxidation sites excluding steroid dienone is 1. The van der Waals surface area contributed by atoms with Gasteiger partial charge >= 0.3 is 0 Å². The lowest BCUT2D eigenvalue weighted by Crippen LogP contribution is -1.95. The normalized spacial score (nSPS) is 15.9. The minimum Gasteiger partial charge on any atom is -0.276 e. The van der Waals surface area contributed by atoms with Crippen molar-refractivity contribution in [3.05, 3.63) is 12.2 Å². The van der Waals surface area contributed by atoms with Crippen molar-refractivity contribution in [3.63, 3.8) is 0 Å². The summed E-state index contributed by atoms with van der Waals surface area (Å²) in [4.78, 5) is 4.18. The van der Waals surface area contributed by atoms with Gasteiger partial charge in [0.1, 0.15) is 5.71 Å². The molecule has 1 aliphatic heterocycles. The van der Waals surface area contributed by atoms with Crippen molar-refractivity contribution in [2.45, 2.75) is 13.3 Å². The van der Waals surface area contributed by atoms with Crippen LogP contribution in [0, 0.1) is 11.8 Å². The lowest BCUT2D eigenvalue weighted by molar-refractivity contribution is 0.997. The van der Waals surface area contributed by atoms with Gasteiger partial charge < -0.3 is 0 Å². The van der Waals surface area contributed by atoms with Crippen LogP contribution < -0.4 is 0 Å². The second-order valence-corrected chi connectivity index (χ2v) is 1.83. The molecule has 0 atom stereocenters. The third kappa shape index (κ3) is 1.73. The van der Waals surface area contributed by atoms with Crippen LogP contribution in [0.2, 0.25) is 0 Å². The molecule has 0 aromatic heterocycles. The zero-order valence-electron chi connectivity index (χ0n) is 5.52. The molecule has 0 aromatic carbocycles. The smallest absolute Gasteiger partial charge is 0.107 e. The first-order valence-corrected chi connectivity index (χ1v) is 3.07. The van der Waals surface area contributed by atoms with E-state index in [1.165, 1.54) is 0 Å². The van der Waals surface area contributed by atoms with Gasteiger partial charge in [0.25, 0.3) is 0 Å². The molecular formula is C8H9N. The number of rotatable bonds is 0. The average Bonchev–Trinajstić information content (AvgIpc) is 1.91. The van der Waals surface area contributed by atoms with E-state index >= 15 is 0 Å². The topological polar surface area (TPSA) is 12.4 Å². The van der Waals surface area contributed by atoms with Crippen LogP contribution in [0.15, 0.2) is 17.1 Å². The molecule has 1 nitrogen and oxygen atoms in total. The van der Waals surface area contributed by atoms with Gasteiger partial charge in [-0.2, -0.15) is 0 Å². The molecule has 0 unspecified atom stereocenters. The van der Waals surface area contributed by atoms with Crippen molar-refractivity contribution in [3.8, 4) is 11.8 Å². The van der Waals surface area contributed by atoms with Gasteiger partial charge in [-0.05, 0) is 25.3 Å². The molecule has 0 fully saturated rings. The van der Waals surface area contributed by atoms with E-state index in [9.17, 15) is 0 Å². The van der Waals surface area contributed by atoms with Gasteiger partial charge in [0.05, 0.1) is 0 Å². The minimum atomic E-state index is 0.903. The third-order valence-electron chi connectivity index (χ3n) is 1.11. The lowest BCUT2D eigenvalue weighted by atomic mass is 10.2. The molecule has 9 heavy (non-hydrogen) atoms. The van der Waals surface area contributed by atoms with E-state index in [1.54, 1.807) is 0 Å². The third-order valence-corrected chi connectivity index (χ3v) is 1.11. The predicted octanol–water partition coefficient (Wildman–Crippen LogP) is 1.41. The molecule has 0 spiro atoms. The Bertz CT molecular complexity index is 200. The summed E-state index contributed by atoms with van der Waals surface area (Å²) in [6.07, 6.45) is 5.14. The van der Waals surface area contributed by atoms with E-state index in [0.717, 1.165) is 18.7 Å². The van der Waals surface area contributed by atoms with Crippen LogP contribution in [0.4, 0.5) is 0 Å². The monoisotopic (exact) mass is 119 g/mol. The number of aliphatic imine (C=N–C) groups is 1. The van der Waals surface area contributed by atoms with Crippen LogP contribution in [0.5, 0.6) is 0 Å². The summed E-state index contributed by atoms with van der Waals surface area (Å²) in [5, 5.41) is 0. The first kappa shape index (κ1) is 6.10. The predicted molar refractivity (Wildman–Crippen MR) is 39.5 cm³/mol. The molecule has 0 bridgehead atoms. The quantitative estimate of drug-likeness (QED) is 0.427. The van der Waals surface area contributed by atoms with Gasteiger partial charge in [-0.3, -0.25) is 4.99 Å². The Morgan fingerprint density at radius 1 is 1.67 bits per heavy atom. The minimum absolute atomic E-state index is 0.903. The first-order chi connectivity index (χ1) is 4.43. The summed E-state index contributed by atoms with van der Waals surface area (Å²) in [5.41, 5.74) is 0.920. The Morgan fingerprint density at radius 3 is 3.11 bits per heavy atom. The molecule has 0 saturated carbocycles. The van der Waals surface area contributed by atoms with Crippen molar-refractivity contribution < 1.29 is 0 Å². The molecule has 1 aliphatic rings. The lowest BCUT2D eigenvalue weighted by Gasteiger charge is -1.96. The first-order valence-electron chi connectivity index (χ1n) is 3.07. The Hall–Kier alpha value is -1.03. The van der Waals surface area contributed by atoms with E-state index in [-0.39, 0.29) is 0 Å². The van der Waals surface area contributed by atoms with Crippen molar-refractivity contribution in [2.75, 3.05) is 6.54 Å². The molecule has 0 N–H and O–H groups in total. The second-order valence-electron chi connectivity index (χ2n) is 1.83. The van der Waals surface area contributed by atoms with E-state index < -0.39 is 0 Å². The van der Waals surface area contributed by atoms with Gasteiger partial charge in [-0.15, -0.1) is 0 Å². The maximum Gasteiger partial charge on any atom is 0.107 e. The van der Waals surface area contributed by atoms with Gasteiger partial charge in [-0.1, -0.05) is 12.0 Å². The molecule has 1 rings (SSSR count). The van der Waals surface area contributed by atoms with Gasteiger partial charge in [0.15, 0.2) is 0 Å². The Labute approximate surface area is 55.5 Å². The molecule has 0 saturated heterocycles. The van der Waals surface area contributed by atoms with Crippen LogP contribution in [0.25, 0.3) is 0 Å². The summed E-state index contributed by atoms with van der Waals surface area (Å²) in [5.74, 6) is 5.70. The SMILES string of the molecule is CC#CC1=NCCC=C1. The van der Waals surface area contributed by atoms with E-state index in [1.807, 2.05) is 13.0 Å². The zero-order valence-corrected chi connectivity index (χ0v) is 5.52. The van der Waals surface area contributed by atoms with Crippen molar-refractivity contribution in [1.29, 1.82) is 0 Å². The number of hydrogen-bond donors (Lipinski definition) is 0. The highest BCUT2D eigenvalue weighted by Crippen LogP contribution is 1.94. The Kier molecular flexibility index (Phi) is 2.09. The summed E-state index contributed by atoms with van der Waals surface area (Å²) < 4.78 is 0. The van der Waals surface area contributed by atoms with Crippen LogP contribution in [-0.4, -0.2) is 12.3 Å². The fourth-order valence-electron chi connectivity index (χ4n) is 0.716. The summed E-state index contributed by atoms with van der Waals surface area (Å²) in [6.45, 7) is 2.73. The zero-order chi connectivity index (χ0) is 6.53. The molecular weight excluding hydrogens is 110 g/mol. The highest BCUT2D eigenvalue weighted by atomic mass is 14.7. The van der Waals surface area contributed by atoms with Crippen LogP contribution >= 0.6 is 0 Å². The second kappa shape index (κ2) is 3.09. The fraction of sp³-hybridized carbons (Fsp3) is 0.375. The molecule has 0 aliphatic carbocycles. The molecule has 0 radical (unpaired) electrons. The van der Waals surface area contributed by atoms with Crippen molar-refractivity contribution in [1.82, 2.24) is 0 Å². The number of dihydropyridines is 1. The molecule has 1 heteroatoms. The fourth-order valence-corrected chi connectivity index (χ4v) is 0.716. The van der Waals surface area contributed by atoms with Crippen molar-refractivity contribution >= 4 is 5.71 Å². The van der Waals surface area contributed by atoms with Crippen LogP contribution in [0.1, 0.15) is 13.3 Å². The van der Waals surface area contributed by atoms with Crippen LogP contribution in [-0.2, 0) is 0 Å². The van der Waals surface area contributed by atoms with Gasteiger partial charge in [0, 0.05) is 6.54 Å². The van der Waals surface area contributed by atoms with E-state index in [2.05, 4.69) is 22.9 Å². The summed E-state index contributed by atoms with van der Waals surface area (Å²) >= 11 is 0. The van der Waals surface area contributed by atoms with Gasteiger partial charge in [0.2, 0.25) is 0 Å². The Balaban J connectivity index is 2.65. The van der Waals surface area contributed by atoms with Crippen molar-refractivity contribution in [2.24, 2.45) is 4.99 Å². The average molecular weight is 119 g/mol. The Morgan fingerprint density at radius 2 is 2.56 bits per heavy atom. The summed E-state index contributed by atoms with van der Waals surface area (Å²) in [6, 6.07) is 0. The standard InChI is InChI=1S/C8H9N/c1-2-5-8-6-3-4-7-9-8/h3,6H,4,7H2,1H3. The van der Waals surface area contributed by atoms with Crippen LogP contribution in [0.3, 0.4) is 0 Å². The van der Waals surface area contributed by atoms with E-state index in [4.69, 9.17) is 0 Å². The largest absolute Gasteiger partial charge is 0.276 e. The van der Waals surface area contributed by atoms with Gasteiger partial charge in [-0.25, -0.2) is 0 Å². The highest BCUT2D eigenvalue weighted by molar-refractivity contribution is 6.08. The molecule has 0 aromatic rings. The molecule has 46 valence electrons. The molecule has 1 heterocycles. The highest BCUT2D eigenvalue weighted by Gasteiger charge is 1.91.